The molecule has 1 amide bonds. The van der Waals surface area contributed by atoms with Crippen molar-refractivity contribution in [3.05, 3.63) is 47.8 Å². The highest BCUT2D eigenvalue weighted by Crippen LogP contribution is 2.46. The number of nitrogens with one attached hydrogen (secondary N) is 1. The molecular weight excluding hydrogens is 346 g/mol. The number of benzene rings is 1. The number of hydrogen-bond acceptors (Lipinski definition) is 3. The van der Waals surface area contributed by atoms with Crippen LogP contribution in [0.25, 0.3) is 11.1 Å². The molecule has 1 aliphatic heterocycles. The number of aromatic nitrogens is 1. The van der Waals surface area contributed by atoms with Crippen molar-refractivity contribution in [3.8, 4) is 11.1 Å². The molecule has 0 saturated heterocycles. The number of hydrogen-bond donors (Lipinski definition) is 1. The van der Waals surface area contributed by atoms with Gasteiger partial charge in [0.25, 0.3) is 0 Å². The van der Waals surface area contributed by atoms with Gasteiger partial charge in [0.05, 0.1) is 16.5 Å². The van der Waals surface area contributed by atoms with Crippen LogP contribution in [0.1, 0.15) is 37.3 Å². The van der Waals surface area contributed by atoms with Crippen LogP contribution >= 0.6 is 0 Å². The van der Waals surface area contributed by atoms with Crippen molar-refractivity contribution < 1.29 is 9.00 Å². The van der Waals surface area contributed by atoms with E-state index in [9.17, 15) is 9.00 Å². The topological polar surface area (TPSA) is 62.3 Å². The molecule has 26 heavy (non-hydrogen) atoms. The Balaban J connectivity index is 1.66. The Morgan fingerprint density at radius 3 is 2.73 bits per heavy atom. The lowest BCUT2D eigenvalue weighted by Crippen LogP contribution is -2.31. The van der Waals surface area contributed by atoms with E-state index >= 15 is 0 Å². The molecule has 6 heteroatoms. The highest BCUT2D eigenvalue weighted by molar-refractivity contribution is 7.83. The molecule has 1 saturated carbocycles. The summed E-state index contributed by atoms with van der Waals surface area (Å²) in [5, 5.41) is 0. The van der Waals surface area contributed by atoms with Gasteiger partial charge in [-0.2, -0.15) is 0 Å². The number of amides is 1. The molecule has 0 spiro atoms. The van der Waals surface area contributed by atoms with Crippen LogP contribution in [-0.2, 0) is 27.7 Å². The summed E-state index contributed by atoms with van der Waals surface area (Å²) in [5.41, 5.74) is 5.26. The molecule has 5 nitrogen and oxygen atoms in total. The van der Waals surface area contributed by atoms with Crippen molar-refractivity contribution in [2.24, 2.45) is 0 Å². The van der Waals surface area contributed by atoms with Crippen molar-refractivity contribution in [3.63, 3.8) is 0 Å². The molecule has 1 unspecified atom stereocenters. The van der Waals surface area contributed by atoms with Crippen LogP contribution < -0.4 is 9.62 Å². The zero-order chi connectivity index (χ0) is 18.3. The standard InChI is InChI=1S/C20H23N3O2S/c1-3-26(25)22-20(8-9-20)17-11-16(12-21-13-17)14-4-6-18-15(10-14)5-7-19(24)23(18)2/h4,6,10-13,22H,3,5,7-9H2,1-2H3. The largest absolute Gasteiger partial charge is 0.315 e. The van der Waals surface area contributed by atoms with Gasteiger partial charge in [0.2, 0.25) is 5.91 Å². The van der Waals surface area contributed by atoms with Crippen LogP contribution in [0.5, 0.6) is 0 Å². The van der Waals surface area contributed by atoms with Gasteiger partial charge in [-0.25, -0.2) is 8.93 Å². The van der Waals surface area contributed by atoms with Crippen molar-refractivity contribution in [2.75, 3.05) is 17.7 Å². The fraction of sp³-hybridized carbons (Fsp3) is 0.400. The van der Waals surface area contributed by atoms with Crippen molar-refractivity contribution in [1.29, 1.82) is 0 Å². The summed E-state index contributed by atoms with van der Waals surface area (Å²) in [4.78, 5) is 18.0. The van der Waals surface area contributed by atoms with E-state index < -0.39 is 11.0 Å². The molecule has 2 aliphatic rings. The number of nitrogens with zero attached hydrogens (tertiary/aromatic N) is 2. The Morgan fingerprint density at radius 2 is 2.00 bits per heavy atom. The molecule has 1 aliphatic carbocycles. The van der Waals surface area contributed by atoms with Crippen molar-refractivity contribution in [1.82, 2.24) is 9.71 Å². The quantitative estimate of drug-likeness (QED) is 0.881. The maximum absolute atomic E-state index is 12.0. The van der Waals surface area contributed by atoms with E-state index in [-0.39, 0.29) is 11.4 Å². The maximum Gasteiger partial charge on any atom is 0.227 e. The minimum Gasteiger partial charge on any atom is -0.315 e. The van der Waals surface area contributed by atoms with E-state index in [1.165, 1.54) is 5.56 Å². The molecule has 2 heterocycles. The molecule has 1 aromatic heterocycles. The van der Waals surface area contributed by atoms with E-state index in [1.54, 1.807) is 4.90 Å². The van der Waals surface area contributed by atoms with Gasteiger partial charge in [-0.05, 0) is 54.2 Å². The second-order valence-corrected chi connectivity index (χ2v) is 8.55. The molecule has 4 rings (SSSR count). The molecule has 1 N–H and O–H groups in total. The lowest BCUT2D eigenvalue weighted by Gasteiger charge is -2.26. The number of carbonyl (C=O) groups is 1. The summed E-state index contributed by atoms with van der Waals surface area (Å²) < 4.78 is 15.2. The Hall–Kier alpha value is -2.05. The van der Waals surface area contributed by atoms with Crippen molar-refractivity contribution in [2.45, 2.75) is 38.1 Å². The van der Waals surface area contributed by atoms with Crippen molar-refractivity contribution >= 4 is 22.6 Å². The van der Waals surface area contributed by atoms with E-state index in [2.05, 4.69) is 21.8 Å². The predicted molar refractivity (Wildman–Crippen MR) is 104 cm³/mol. The first-order valence-electron chi connectivity index (χ1n) is 9.04. The minimum absolute atomic E-state index is 0.166. The Morgan fingerprint density at radius 1 is 1.19 bits per heavy atom. The molecule has 136 valence electrons. The number of pyridine rings is 1. The monoisotopic (exact) mass is 369 g/mol. The van der Waals surface area contributed by atoms with Gasteiger partial charge in [-0.1, -0.05) is 13.0 Å². The highest BCUT2D eigenvalue weighted by Gasteiger charge is 2.45. The molecule has 0 radical (unpaired) electrons. The highest BCUT2D eigenvalue weighted by atomic mass is 32.2. The lowest BCUT2D eigenvalue weighted by molar-refractivity contribution is -0.118. The fourth-order valence-corrected chi connectivity index (χ4v) is 4.46. The Labute approximate surface area is 156 Å². The first-order chi connectivity index (χ1) is 12.5. The van der Waals surface area contributed by atoms with Gasteiger partial charge < -0.3 is 4.90 Å². The lowest BCUT2D eigenvalue weighted by atomic mass is 9.95. The zero-order valence-corrected chi connectivity index (χ0v) is 15.9. The van der Waals surface area contributed by atoms with Crippen LogP contribution in [0.2, 0.25) is 0 Å². The number of aryl methyl sites for hydroxylation is 1. The molecular formula is C20H23N3O2S. The summed E-state index contributed by atoms with van der Waals surface area (Å²) in [6.45, 7) is 1.92. The van der Waals surface area contributed by atoms with Crippen LogP contribution in [0.3, 0.4) is 0 Å². The van der Waals surface area contributed by atoms with Crippen LogP contribution in [-0.4, -0.2) is 27.9 Å². The van der Waals surface area contributed by atoms with Gasteiger partial charge in [0, 0.05) is 42.9 Å². The normalized spacial score (nSPS) is 19.2. The molecule has 1 aromatic carbocycles. The number of fused-ring (bicyclic) bond motifs is 1. The zero-order valence-electron chi connectivity index (χ0n) is 15.1. The average Bonchev–Trinajstić information content (AvgIpc) is 3.45. The third-order valence-electron chi connectivity index (χ3n) is 5.37. The number of rotatable bonds is 5. The van der Waals surface area contributed by atoms with Gasteiger partial charge in [0.1, 0.15) is 0 Å². The first kappa shape index (κ1) is 17.4. The number of carbonyl (C=O) groups excluding carboxylic acids is 1. The van der Waals surface area contributed by atoms with Gasteiger partial charge in [-0.3, -0.25) is 9.78 Å². The SMILES string of the molecule is CCS(=O)NC1(c2cncc(-c3ccc4c(c3)CCC(=O)N4C)c2)CC1. The van der Waals surface area contributed by atoms with Crippen LogP contribution in [0, 0.1) is 0 Å². The first-order valence-corrected chi connectivity index (χ1v) is 10.4. The fourth-order valence-electron chi connectivity index (χ4n) is 3.56. The predicted octanol–water partition coefficient (Wildman–Crippen LogP) is 2.92. The van der Waals surface area contributed by atoms with Gasteiger partial charge >= 0.3 is 0 Å². The second kappa shape index (κ2) is 6.59. The third-order valence-corrected chi connectivity index (χ3v) is 6.51. The molecule has 0 bridgehead atoms. The van der Waals surface area contributed by atoms with Gasteiger partial charge in [0.15, 0.2) is 0 Å². The summed E-state index contributed by atoms with van der Waals surface area (Å²) in [6.07, 6.45) is 7.06. The van der Waals surface area contributed by atoms with E-state index in [4.69, 9.17) is 0 Å². The third kappa shape index (κ3) is 3.08. The molecule has 1 fully saturated rings. The molecule has 1 atom stereocenters. The van der Waals surface area contributed by atoms with Crippen LogP contribution in [0.15, 0.2) is 36.7 Å². The summed E-state index contributed by atoms with van der Waals surface area (Å²) >= 11 is 0. The summed E-state index contributed by atoms with van der Waals surface area (Å²) in [5.74, 6) is 0.769. The second-order valence-electron chi connectivity index (χ2n) is 7.08. The van der Waals surface area contributed by atoms with Crippen LogP contribution in [0.4, 0.5) is 5.69 Å². The number of anilines is 1. The van der Waals surface area contributed by atoms with E-state index in [1.807, 2.05) is 38.5 Å². The minimum atomic E-state index is -1.01. The Kier molecular flexibility index (Phi) is 4.40. The van der Waals surface area contributed by atoms with Gasteiger partial charge in [-0.15, -0.1) is 0 Å². The molecule has 2 aromatic rings. The summed E-state index contributed by atoms with van der Waals surface area (Å²) in [6, 6.07) is 8.38. The van der Waals surface area contributed by atoms with E-state index in [0.29, 0.717) is 12.2 Å². The maximum atomic E-state index is 12.0. The van der Waals surface area contributed by atoms with E-state index in [0.717, 1.165) is 41.6 Å². The summed E-state index contributed by atoms with van der Waals surface area (Å²) in [7, 11) is 0.822. The average molecular weight is 369 g/mol. The smallest absolute Gasteiger partial charge is 0.227 e. The Bertz CT molecular complexity index is 892.